The average molecular weight is 1010 g/mol. The Hall–Kier alpha value is -4.60. The number of nitrogens with zero attached hydrogens (tertiary/aromatic N) is 6. The molecule has 4 N–H and O–H groups in total. The summed E-state index contributed by atoms with van der Waals surface area (Å²) in [6.07, 6.45) is 5.81. The molecule has 1 aromatic carbocycles. The molecule has 69 heavy (non-hydrogen) atoms. The molecule has 21 heteroatoms. The van der Waals surface area contributed by atoms with Crippen molar-refractivity contribution in [3.05, 3.63) is 62.5 Å². The van der Waals surface area contributed by atoms with Crippen LogP contribution in [0.5, 0.6) is 0 Å². The van der Waals surface area contributed by atoms with Crippen LogP contribution in [0.1, 0.15) is 103 Å². The zero-order valence-electron chi connectivity index (χ0n) is 40.0. The monoisotopic (exact) mass is 1010 g/mol. The van der Waals surface area contributed by atoms with Gasteiger partial charge in [0.2, 0.25) is 23.6 Å². The van der Waals surface area contributed by atoms with Crippen molar-refractivity contribution >= 4 is 70.1 Å². The molecule has 4 atom stereocenters. The van der Waals surface area contributed by atoms with Crippen LogP contribution in [0.25, 0.3) is 5.00 Å². The molecule has 4 aliphatic rings. The number of piperazine rings is 1. The number of aromatic nitrogens is 3. The first-order valence-electron chi connectivity index (χ1n) is 24.3. The highest BCUT2D eigenvalue weighted by Crippen LogP contribution is 2.40. The number of fused-ring (bicyclic) bond motifs is 4. The van der Waals surface area contributed by atoms with Gasteiger partial charge in [-0.3, -0.25) is 28.7 Å². The number of amides is 6. The average Bonchev–Trinajstić information content (AvgIpc) is 4.07. The molecule has 3 aromatic rings. The van der Waals surface area contributed by atoms with Crippen molar-refractivity contribution in [2.75, 3.05) is 84.7 Å². The topological polar surface area (TPSA) is 211 Å². The summed E-state index contributed by atoms with van der Waals surface area (Å²) in [7, 11) is 0. The Balaban J connectivity index is 0.677. The molecule has 0 aliphatic carbocycles. The van der Waals surface area contributed by atoms with E-state index < -0.39 is 6.04 Å². The van der Waals surface area contributed by atoms with Crippen molar-refractivity contribution in [2.45, 2.75) is 108 Å². The summed E-state index contributed by atoms with van der Waals surface area (Å²) in [5, 5.41) is 22.8. The number of carbonyl (C=O) groups is 5. The maximum atomic E-state index is 13.9. The minimum atomic E-state index is -0.564. The van der Waals surface area contributed by atoms with Crippen LogP contribution < -0.4 is 21.3 Å². The summed E-state index contributed by atoms with van der Waals surface area (Å²) in [6, 6.07) is 7.42. The Morgan fingerprint density at radius 2 is 1.39 bits per heavy atom. The van der Waals surface area contributed by atoms with E-state index in [1.54, 1.807) is 21.1 Å². The minimum absolute atomic E-state index is 0.0182. The number of ether oxygens (including phenoxy) is 3. The van der Waals surface area contributed by atoms with Gasteiger partial charge in [-0.05, 0) is 70.6 Å². The van der Waals surface area contributed by atoms with E-state index in [0.717, 1.165) is 64.7 Å². The second-order valence-electron chi connectivity index (χ2n) is 17.8. The van der Waals surface area contributed by atoms with Gasteiger partial charge in [0.1, 0.15) is 16.9 Å². The largest absolute Gasteiger partial charge is 0.379 e. The van der Waals surface area contributed by atoms with Gasteiger partial charge in [0.05, 0.1) is 50.6 Å². The molecule has 2 unspecified atom stereocenters. The van der Waals surface area contributed by atoms with E-state index in [0.29, 0.717) is 114 Å². The molecule has 0 bridgehead atoms. The first kappa shape index (κ1) is 52.2. The summed E-state index contributed by atoms with van der Waals surface area (Å²) in [6.45, 7) is 11.7. The van der Waals surface area contributed by atoms with Crippen LogP contribution >= 0.6 is 34.7 Å². The number of thioether (sulfide) groups is 1. The van der Waals surface area contributed by atoms with Gasteiger partial charge in [-0.2, -0.15) is 11.8 Å². The maximum absolute atomic E-state index is 13.9. The second kappa shape index (κ2) is 26.0. The Bertz CT molecular complexity index is 2270. The number of thiophene rings is 1. The Labute approximate surface area is 417 Å². The minimum Gasteiger partial charge on any atom is -0.379 e. The first-order chi connectivity index (χ1) is 33.5. The standard InChI is InChI=1S/C48H67ClN10O8S2/c1-31-32(2)69-47-43(31)44(34-13-15-35(49)16-14-34)52-36(46-56-55-33(3)59(46)47)29-42(63)58-21-19-57(20-22-58)41(62)12-6-11-40(61)51-18-8-24-66-26-28-67-27-25-65-23-7-17-50-39(60)10-5-4-9-38-45-37(30-68-38)53-48(64)54-45/h13-16,36-38,45H,4-12,17-30H2,1-3H3,(H,50,60)(H,51,61)(H2,53,54,64)/t36?,37-,38?,45-/m0/s1. The highest BCUT2D eigenvalue weighted by Gasteiger charge is 2.42. The van der Waals surface area contributed by atoms with Crippen molar-refractivity contribution in [2.24, 2.45) is 4.99 Å². The molecule has 4 aliphatic heterocycles. The van der Waals surface area contributed by atoms with E-state index in [-0.39, 0.29) is 61.0 Å². The fourth-order valence-corrected chi connectivity index (χ4v) is 11.9. The second-order valence-corrected chi connectivity index (χ2v) is 20.7. The number of hydrogen-bond donors (Lipinski definition) is 4. The van der Waals surface area contributed by atoms with Crippen LogP contribution in [0.15, 0.2) is 29.3 Å². The lowest BCUT2D eigenvalue weighted by Gasteiger charge is -2.35. The molecule has 6 amide bonds. The van der Waals surface area contributed by atoms with E-state index >= 15 is 0 Å². The Morgan fingerprint density at radius 3 is 2.06 bits per heavy atom. The molecule has 18 nitrogen and oxygen atoms in total. The summed E-state index contributed by atoms with van der Waals surface area (Å²) in [5.41, 5.74) is 3.84. The van der Waals surface area contributed by atoms with Crippen molar-refractivity contribution in [1.82, 2.24) is 45.8 Å². The lowest BCUT2D eigenvalue weighted by molar-refractivity contribution is -0.140. The lowest BCUT2D eigenvalue weighted by Crippen LogP contribution is -2.50. The Kier molecular flexibility index (Phi) is 19.7. The SMILES string of the molecule is Cc1sc2c(c1C)C(c1ccc(Cl)cc1)=NC(CC(=O)N1CCN(C(=O)CCCC(=O)NCCCOCCOCCOCCCNC(=O)CCCCC3SC[C@@H]4NC(=O)N[C@H]34)CC1)c1nnc(C)n1-2. The first-order valence-corrected chi connectivity index (χ1v) is 26.6. The molecule has 2 aromatic heterocycles. The van der Waals surface area contributed by atoms with E-state index in [4.69, 9.17) is 30.8 Å². The van der Waals surface area contributed by atoms with Gasteiger partial charge in [0, 0.05) is 104 Å². The van der Waals surface area contributed by atoms with Gasteiger partial charge in [-0.15, -0.1) is 21.5 Å². The number of urea groups is 1. The van der Waals surface area contributed by atoms with Crippen LogP contribution in [0.4, 0.5) is 4.79 Å². The zero-order valence-corrected chi connectivity index (χ0v) is 42.4. The maximum Gasteiger partial charge on any atom is 0.315 e. The summed E-state index contributed by atoms with van der Waals surface area (Å²) in [4.78, 5) is 73.0. The molecular formula is C48H67ClN10O8S2. The molecule has 3 saturated heterocycles. The molecule has 7 rings (SSSR count). The third kappa shape index (κ3) is 14.5. The van der Waals surface area contributed by atoms with Gasteiger partial charge in [-0.25, -0.2) is 4.79 Å². The van der Waals surface area contributed by atoms with Crippen LogP contribution in [0, 0.1) is 20.8 Å². The normalized spacial score (nSPS) is 19.5. The number of nitrogens with one attached hydrogen (secondary N) is 4. The third-order valence-corrected chi connectivity index (χ3v) is 15.9. The van der Waals surface area contributed by atoms with Crippen molar-refractivity contribution in [1.29, 1.82) is 0 Å². The van der Waals surface area contributed by atoms with Crippen molar-refractivity contribution < 1.29 is 38.2 Å². The third-order valence-electron chi connectivity index (χ3n) is 12.9. The molecule has 376 valence electrons. The van der Waals surface area contributed by atoms with E-state index in [1.165, 1.54) is 4.88 Å². The molecule has 0 spiro atoms. The molecule has 0 saturated carbocycles. The number of unbranched alkanes of at least 4 members (excludes halogenated alkanes) is 1. The van der Waals surface area contributed by atoms with Gasteiger partial charge >= 0.3 is 6.03 Å². The van der Waals surface area contributed by atoms with Crippen molar-refractivity contribution in [3.8, 4) is 5.00 Å². The van der Waals surface area contributed by atoms with Crippen LogP contribution in [-0.4, -0.2) is 162 Å². The fourth-order valence-electron chi connectivity index (χ4n) is 8.99. The molecule has 6 heterocycles. The summed E-state index contributed by atoms with van der Waals surface area (Å²) in [5.74, 6) is 2.20. The number of rotatable bonds is 26. The number of carbonyl (C=O) groups excluding carboxylic acids is 5. The highest BCUT2D eigenvalue weighted by atomic mass is 35.5. The molecule has 0 radical (unpaired) electrons. The summed E-state index contributed by atoms with van der Waals surface area (Å²) >= 11 is 9.82. The molecule has 3 fully saturated rings. The van der Waals surface area contributed by atoms with Crippen LogP contribution in [0.3, 0.4) is 0 Å². The Morgan fingerprint density at radius 1 is 0.768 bits per heavy atom. The van der Waals surface area contributed by atoms with Crippen molar-refractivity contribution in [3.63, 3.8) is 0 Å². The predicted molar refractivity (Wildman–Crippen MR) is 267 cm³/mol. The lowest BCUT2D eigenvalue weighted by atomic mass is 9.99. The number of aryl methyl sites for hydroxylation is 2. The number of benzene rings is 1. The predicted octanol–water partition coefficient (Wildman–Crippen LogP) is 4.82. The quantitative estimate of drug-likeness (QED) is 0.0633. The fraction of sp³-hybridized carbons (Fsp3) is 0.625. The number of halogens is 1. The van der Waals surface area contributed by atoms with Gasteiger partial charge in [0.15, 0.2) is 5.82 Å². The number of hydrogen-bond acceptors (Lipinski definition) is 13. The van der Waals surface area contributed by atoms with Crippen LogP contribution in [0.2, 0.25) is 5.02 Å². The van der Waals surface area contributed by atoms with Gasteiger partial charge < -0.3 is 45.3 Å². The van der Waals surface area contributed by atoms with Gasteiger partial charge in [-0.1, -0.05) is 30.2 Å². The van der Waals surface area contributed by atoms with Crippen LogP contribution in [-0.2, 0) is 33.4 Å². The molecular weight excluding hydrogens is 944 g/mol. The van der Waals surface area contributed by atoms with E-state index in [9.17, 15) is 24.0 Å². The zero-order chi connectivity index (χ0) is 48.7. The highest BCUT2D eigenvalue weighted by molar-refractivity contribution is 8.00. The van der Waals surface area contributed by atoms with E-state index in [1.807, 2.05) is 47.5 Å². The van der Waals surface area contributed by atoms with Gasteiger partial charge in [0.25, 0.3) is 0 Å². The summed E-state index contributed by atoms with van der Waals surface area (Å²) < 4.78 is 18.8. The number of aliphatic imine (C=N–C) groups is 1. The van der Waals surface area contributed by atoms with E-state index in [2.05, 4.69) is 45.3 Å². The smallest absolute Gasteiger partial charge is 0.315 e.